The number of rotatable bonds is 3. The molecule has 0 bridgehead atoms. The summed E-state index contributed by atoms with van der Waals surface area (Å²) < 4.78 is 10.6. The van der Waals surface area contributed by atoms with Gasteiger partial charge >= 0.3 is 5.97 Å². The Morgan fingerprint density at radius 3 is 2.78 bits per heavy atom. The maximum Gasteiger partial charge on any atom is 0.329 e. The average molecular weight is 315 g/mol. The van der Waals surface area contributed by atoms with Gasteiger partial charge in [-0.25, -0.2) is 4.79 Å². The van der Waals surface area contributed by atoms with Gasteiger partial charge in [0, 0.05) is 24.4 Å². The van der Waals surface area contributed by atoms with Crippen LogP contribution in [0.3, 0.4) is 0 Å². The Hall–Kier alpha value is -2.30. The number of carbonyl (C=O) groups excluding carboxylic acids is 2. The summed E-state index contributed by atoms with van der Waals surface area (Å²) in [5.74, 6) is 0.381. The van der Waals surface area contributed by atoms with Crippen LogP contribution in [0.25, 0.3) is 0 Å². The van der Waals surface area contributed by atoms with Crippen molar-refractivity contribution in [2.45, 2.75) is 32.2 Å². The third-order valence-corrected chi connectivity index (χ3v) is 4.62. The maximum absolute atomic E-state index is 12.5. The number of fused-ring (bicyclic) bond motifs is 3. The van der Waals surface area contributed by atoms with Crippen molar-refractivity contribution in [3.8, 4) is 5.75 Å². The van der Waals surface area contributed by atoms with Crippen LogP contribution in [0.15, 0.2) is 30.4 Å². The van der Waals surface area contributed by atoms with Gasteiger partial charge in [-0.1, -0.05) is 12.2 Å². The first-order chi connectivity index (χ1) is 11.1. The van der Waals surface area contributed by atoms with Gasteiger partial charge in [-0.15, -0.1) is 0 Å². The van der Waals surface area contributed by atoms with Crippen molar-refractivity contribution in [2.75, 3.05) is 18.6 Å². The molecule has 0 unspecified atom stereocenters. The number of anilines is 1. The molecular weight excluding hydrogens is 294 g/mol. The summed E-state index contributed by atoms with van der Waals surface area (Å²) >= 11 is 0. The third-order valence-electron chi connectivity index (χ3n) is 4.62. The number of nitrogens with zero attached hydrogens (tertiary/aromatic N) is 1. The second kappa shape index (κ2) is 6.07. The molecule has 1 aliphatic carbocycles. The van der Waals surface area contributed by atoms with Crippen LogP contribution < -0.4 is 9.64 Å². The number of allylic oxidation sites excluding steroid dienone is 2. The SMILES string of the molecule is CCOC(=O)[C@@H]1[C@@H]2CC=C[C@@H]2c2cc(OC)ccc2N1C(C)=O. The van der Waals surface area contributed by atoms with Crippen LogP contribution >= 0.6 is 0 Å². The van der Waals surface area contributed by atoms with Crippen molar-refractivity contribution in [1.82, 2.24) is 0 Å². The molecule has 1 aromatic carbocycles. The van der Waals surface area contributed by atoms with Crippen molar-refractivity contribution in [3.63, 3.8) is 0 Å². The molecule has 3 rings (SSSR count). The summed E-state index contributed by atoms with van der Waals surface area (Å²) in [6.07, 6.45) is 4.95. The molecule has 0 aromatic heterocycles. The van der Waals surface area contributed by atoms with Crippen molar-refractivity contribution in [2.24, 2.45) is 5.92 Å². The Morgan fingerprint density at radius 2 is 2.13 bits per heavy atom. The van der Waals surface area contributed by atoms with E-state index in [1.54, 1.807) is 18.9 Å². The minimum atomic E-state index is -0.576. The van der Waals surface area contributed by atoms with Crippen molar-refractivity contribution >= 4 is 17.6 Å². The average Bonchev–Trinajstić information content (AvgIpc) is 3.02. The van der Waals surface area contributed by atoms with Gasteiger partial charge in [0.15, 0.2) is 0 Å². The van der Waals surface area contributed by atoms with Gasteiger partial charge in [0.2, 0.25) is 5.91 Å². The molecule has 3 atom stereocenters. The van der Waals surface area contributed by atoms with Crippen molar-refractivity contribution < 1.29 is 19.1 Å². The van der Waals surface area contributed by atoms with E-state index in [0.29, 0.717) is 6.61 Å². The largest absolute Gasteiger partial charge is 0.497 e. The summed E-state index contributed by atoms with van der Waals surface area (Å²) in [7, 11) is 1.62. The van der Waals surface area contributed by atoms with Gasteiger partial charge in [0.25, 0.3) is 0 Å². The molecular formula is C18H21NO4. The lowest BCUT2D eigenvalue weighted by atomic mass is 9.78. The zero-order valence-corrected chi connectivity index (χ0v) is 13.6. The van der Waals surface area contributed by atoms with Crippen LogP contribution in [0.1, 0.15) is 31.7 Å². The number of esters is 1. The molecule has 5 nitrogen and oxygen atoms in total. The molecule has 122 valence electrons. The highest BCUT2D eigenvalue weighted by molar-refractivity contribution is 6.00. The molecule has 1 aliphatic heterocycles. The van der Waals surface area contributed by atoms with E-state index in [-0.39, 0.29) is 23.7 Å². The normalized spacial score (nSPS) is 24.8. The molecule has 0 saturated heterocycles. The topological polar surface area (TPSA) is 55.8 Å². The number of carbonyl (C=O) groups is 2. The standard InChI is InChI=1S/C18H21NO4/c1-4-23-18(21)17-14-7-5-6-13(14)15-10-12(22-3)8-9-16(15)19(17)11(2)20/h5-6,8-10,13-14,17H,4,7H2,1-3H3/t13-,14+,17-/m0/s1. The highest BCUT2D eigenvalue weighted by Crippen LogP contribution is 2.48. The molecule has 0 N–H and O–H groups in total. The first-order valence-electron chi connectivity index (χ1n) is 7.89. The van der Waals surface area contributed by atoms with E-state index < -0.39 is 6.04 Å². The predicted octanol–water partition coefficient (Wildman–Crippen LogP) is 2.65. The van der Waals surface area contributed by atoms with Crippen LogP contribution in [0.5, 0.6) is 5.75 Å². The fourth-order valence-electron chi connectivity index (χ4n) is 3.69. The van der Waals surface area contributed by atoms with E-state index in [1.165, 1.54) is 6.92 Å². The van der Waals surface area contributed by atoms with Crippen molar-refractivity contribution in [1.29, 1.82) is 0 Å². The van der Waals surface area contributed by atoms with Gasteiger partial charge in [-0.05, 0) is 37.1 Å². The summed E-state index contributed by atoms with van der Waals surface area (Å²) in [5, 5.41) is 0. The highest BCUT2D eigenvalue weighted by atomic mass is 16.5. The number of methoxy groups -OCH3 is 1. The van der Waals surface area contributed by atoms with Crippen LogP contribution in [-0.4, -0.2) is 31.6 Å². The molecule has 0 radical (unpaired) electrons. The number of ether oxygens (including phenoxy) is 2. The Bertz CT molecular complexity index is 667. The van der Waals surface area contributed by atoms with Crippen LogP contribution in [0.4, 0.5) is 5.69 Å². The Kier molecular flexibility index (Phi) is 4.11. The van der Waals surface area contributed by atoms with E-state index >= 15 is 0 Å². The maximum atomic E-state index is 12.5. The summed E-state index contributed by atoms with van der Waals surface area (Å²) in [6.45, 7) is 3.58. The summed E-state index contributed by atoms with van der Waals surface area (Å²) in [6, 6.07) is 5.05. The molecule has 1 heterocycles. The van der Waals surface area contributed by atoms with E-state index in [4.69, 9.17) is 9.47 Å². The second-order valence-electron chi connectivity index (χ2n) is 5.86. The number of hydrogen-bond acceptors (Lipinski definition) is 4. The first-order valence-corrected chi connectivity index (χ1v) is 7.89. The van der Waals surface area contributed by atoms with Gasteiger partial charge in [-0.3, -0.25) is 9.69 Å². The first kappa shape index (κ1) is 15.6. The minimum absolute atomic E-state index is 0.0116. The number of benzene rings is 1. The van der Waals surface area contributed by atoms with E-state index in [0.717, 1.165) is 23.4 Å². The van der Waals surface area contributed by atoms with Crippen molar-refractivity contribution in [3.05, 3.63) is 35.9 Å². The highest BCUT2D eigenvalue weighted by Gasteiger charge is 2.47. The lowest BCUT2D eigenvalue weighted by Crippen LogP contribution is -2.53. The third kappa shape index (κ3) is 2.50. The van der Waals surface area contributed by atoms with Gasteiger partial charge in [0.05, 0.1) is 13.7 Å². The summed E-state index contributed by atoms with van der Waals surface area (Å²) in [4.78, 5) is 26.4. The van der Waals surface area contributed by atoms with E-state index in [9.17, 15) is 9.59 Å². The molecule has 2 aliphatic rings. The Morgan fingerprint density at radius 1 is 1.35 bits per heavy atom. The Balaban J connectivity index is 2.13. The molecule has 5 heteroatoms. The van der Waals surface area contributed by atoms with E-state index in [2.05, 4.69) is 12.2 Å². The summed E-state index contributed by atoms with van der Waals surface area (Å²) in [5.41, 5.74) is 1.79. The Labute approximate surface area is 135 Å². The van der Waals surface area contributed by atoms with Gasteiger partial charge < -0.3 is 9.47 Å². The molecule has 0 spiro atoms. The lowest BCUT2D eigenvalue weighted by molar-refractivity contribution is -0.147. The molecule has 1 aromatic rings. The smallest absolute Gasteiger partial charge is 0.329 e. The molecule has 23 heavy (non-hydrogen) atoms. The van der Waals surface area contributed by atoms with Gasteiger partial charge in [-0.2, -0.15) is 0 Å². The number of amides is 1. The zero-order valence-electron chi connectivity index (χ0n) is 13.6. The monoisotopic (exact) mass is 315 g/mol. The fourth-order valence-corrected chi connectivity index (χ4v) is 3.69. The molecule has 0 fully saturated rings. The van der Waals surface area contributed by atoms with Crippen LogP contribution in [0.2, 0.25) is 0 Å². The zero-order chi connectivity index (χ0) is 16.6. The molecule has 1 amide bonds. The van der Waals surface area contributed by atoms with Gasteiger partial charge in [0.1, 0.15) is 11.8 Å². The minimum Gasteiger partial charge on any atom is -0.497 e. The van der Waals surface area contributed by atoms with E-state index in [1.807, 2.05) is 18.2 Å². The molecule has 0 saturated carbocycles. The predicted molar refractivity (Wildman–Crippen MR) is 86.6 cm³/mol. The second-order valence-corrected chi connectivity index (χ2v) is 5.86. The quantitative estimate of drug-likeness (QED) is 0.635. The number of hydrogen-bond donors (Lipinski definition) is 0. The lowest BCUT2D eigenvalue weighted by Gasteiger charge is -2.42. The van der Waals surface area contributed by atoms with Crippen LogP contribution in [-0.2, 0) is 14.3 Å². The fraction of sp³-hybridized carbons (Fsp3) is 0.444. The van der Waals surface area contributed by atoms with Crippen LogP contribution in [0, 0.1) is 5.92 Å².